The van der Waals surface area contributed by atoms with Crippen molar-refractivity contribution in [1.82, 2.24) is 4.98 Å². The van der Waals surface area contributed by atoms with Gasteiger partial charge < -0.3 is 10.2 Å². The lowest BCUT2D eigenvalue weighted by molar-refractivity contribution is -0.384. The molecule has 0 saturated carbocycles. The van der Waals surface area contributed by atoms with E-state index in [1.807, 2.05) is 32.0 Å². The summed E-state index contributed by atoms with van der Waals surface area (Å²) in [6.45, 7) is 3.81. The molecular formula is C13H14N4O3. The number of nitrogens with zero attached hydrogens (tertiary/aromatic N) is 2. The van der Waals surface area contributed by atoms with Crippen LogP contribution < -0.4 is 16.0 Å². The van der Waals surface area contributed by atoms with Crippen molar-refractivity contribution in [2.24, 2.45) is 5.84 Å². The van der Waals surface area contributed by atoms with Crippen molar-refractivity contribution >= 4 is 11.5 Å². The van der Waals surface area contributed by atoms with E-state index in [-0.39, 0.29) is 17.4 Å². The van der Waals surface area contributed by atoms with Crippen molar-refractivity contribution in [3.63, 3.8) is 0 Å². The molecule has 1 aromatic heterocycles. The van der Waals surface area contributed by atoms with E-state index in [9.17, 15) is 10.1 Å². The van der Waals surface area contributed by atoms with Gasteiger partial charge in [0.05, 0.1) is 17.1 Å². The first-order valence-corrected chi connectivity index (χ1v) is 5.88. The number of benzene rings is 1. The van der Waals surface area contributed by atoms with Gasteiger partial charge in [-0.25, -0.2) is 5.84 Å². The number of anilines is 1. The summed E-state index contributed by atoms with van der Waals surface area (Å²) < 4.78 is 5.61. The van der Waals surface area contributed by atoms with Crippen LogP contribution in [0.2, 0.25) is 0 Å². The van der Waals surface area contributed by atoms with E-state index in [0.29, 0.717) is 5.75 Å². The van der Waals surface area contributed by atoms with Crippen LogP contribution in [0.3, 0.4) is 0 Å². The van der Waals surface area contributed by atoms with Crippen LogP contribution in [0.4, 0.5) is 11.5 Å². The van der Waals surface area contributed by atoms with Gasteiger partial charge in [-0.3, -0.25) is 10.1 Å². The molecule has 0 spiro atoms. The summed E-state index contributed by atoms with van der Waals surface area (Å²) >= 11 is 0. The van der Waals surface area contributed by atoms with Crippen LogP contribution in [0, 0.1) is 24.0 Å². The molecule has 0 fully saturated rings. The summed E-state index contributed by atoms with van der Waals surface area (Å²) in [5.74, 6) is 6.12. The molecule has 0 saturated heterocycles. The van der Waals surface area contributed by atoms with Crippen LogP contribution in [0.5, 0.6) is 11.6 Å². The van der Waals surface area contributed by atoms with Gasteiger partial charge in [0.2, 0.25) is 5.88 Å². The Balaban J connectivity index is 2.39. The Bertz CT molecular complexity index is 658. The minimum absolute atomic E-state index is 0.112. The van der Waals surface area contributed by atoms with E-state index in [2.05, 4.69) is 10.4 Å². The average Bonchev–Trinajstić information content (AvgIpc) is 2.42. The number of nitrogen functional groups attached to an aromatic ring is 1. The zero-order valence-corrected chi connectivity index (χ0v) is 11.1. The standard InChI is InChI=1S/C13H14N4O3/c1-8-3-4-9(2)11(5-8)20-13-7-10(17(18)19)6-12(15-13)16-14/h3-7H,14H2,1-2H3,(H,15,16). The Morgan fingerprint density at radius 2 is 2.05 bits per heavy atom. The number of aromatic nitrogens is 1. The molecule has 104 valence electrons. The van der Waals surface area contributed by atoms with Gasteiger partial charge in [-0.05, 0) is 31.0 Å². The number of hydrazine groups is 1. The summed E-state index contributed by atoms with van der Waals surface area (Å²) in [6.07, 6.45) is 0. The maximum Gasteiger partial charge on any atom is 0.278 e. The zero-order valence-electron chi connectivity index (χ0n) is 11.1. The third kappa shape index (κ3) is 3.01. The Kier molecular flexibility index (Phi) is 3.81. The fourth-order valence-electron chi connectivity index (χ4n) is 1.65. The number of pyridine rings is 1. The number of rotatable bonds is 4. The van der Waals surface area contributed by atoms with E-state index in [1.165, 1.54) is 12.1 Å². The van der Waals surface area contributed by atoms with Gasteiger partial charge in [0, 0.05) is 0 Å². The second-order valence-corrected chi connectivity index (χ2v) is 4.32. The predicted molar refractivity (Wildman–Crippen MR) is 74.7 cm³/mol. The maximum atomic E-state index is 10.8. The molecule has 0 unspecified atom stereocenters. The van der Waals surface area contributed by atoms with E-state index in [1.54, 1.807) is 0 Å². The molecule has 0 aliphatic heterocycles. The number of hydrogen-bond donors (Lipinski definition) is 2. The summed E-state index contributed by atoms with van der Waals surface area (Å²) in [7, 11) is 0. The van der Waals surface area contributed by atoms with Crippen LogP contribution in [-0.4, -0.2) is 9.91 Å². The van der Waals surface area contributed by atoms with Crippen LogP contribution >= 0.6 is 0 Å². The van der Waals surface area contributed by atoms with Crippen LogP contribution in [0.1, 0.15) is 11.1 Å². The normalized spacial score (nSPS) is 10.2. The molecule has 2 aromatic rings. The lowest BCUT2D eigenvalue weighted by Crippen LogP contribution is -2.09. The molecule has 7 nitrogen and oxygen atoms in total. The minimum Gasteiger partial charge on any atom is -0.438 e. The number of nitro groups is 1. The Morgan fingerprint density at radius 1 is 1.30 bits per heavy atom. The molecule has 20 heavy (non-hydrogen) atoms. The molecule has 0 aliphatic rings. The van der Waals surface area contributed by atoms with Crippen molar-refractivity contribution in [3.8, 4) is 11.6 Å². The topological polar surface area (TPSA) is 103 Å². The molecule has 0 aliphatic carbocycles. The third-order valence-corrected chi connectivity index (χ3v) is 2.70. The molecule has 2 rings (SSSR count). The highest BCUT2D eigenvalue weighted by Crippen LogP contribution is 2.28. The van der Waals surface area contributed by atoms with Crippen LogP contribution in [-0.2, 0) is 0 Å². The van der Waals surface area contributed by atoms with E-state index < -0.39 is 4.92 Å². The van der Waals surface area contributed by atoms with Gasteiger partial charge in [0.25, 0.3) is 5.69 Å². The summed E-state index contributed by atoms with van der Waals surface area (Å²) in [4.78, 5) is 14.4. The highest BCUT2D eigenvalue weighted by atomic mass is 16.6. The molecule has 0 amide bonds. The molecular weight excluding hydrogens is 260 g/mol. The largest absolute Gasteiger partial charge is 0.438 e. The predicted octanol–water partition coefficient (Wildman–Crippen LogP) is 2.68. The van der Waals surface area contributed by atoms with Crippen LogP contribution in [0.15, 0.2) is 30.3 Å². The number of nitrogens with two attached hydrogens (primary N) is 1. The maximum absolute atomic E-state index is 10.8. The quantitative estimate of drug-likeness (QED) is 0.504. The van der Waals surface area contributed by atoms with Gasteiger partial charge >= 0.3 is 0 Å². The third-order valence-electron chi connectivity index (χ3n) is 2.70. The SMILES string of the molecule is Cc1ccc(C)c(Oc2cc([N+](=O)[O-])cc(NN)n2)c1. The second-order valence-electron chi connectivity index (χ2n) is 4.32. The minimum atomic E-state index is -0.529. The molecule has 0 bridgehead atoms. The van der Waals surface area contributed by atoms with E-state index >= 15 is 0 Å². The van der Waals surface area contributed by atoms with E-state index in [4.69, 9.17) is 10.6 Å². The van der Waals surface area contributed by atoms with Gasteiger partial charge in [-0.2, -0.15) is 4.98 Å². The molecule has 1 heterocycles. The number of ether oxygens (including phenoxy) is 1. The van der Waals surface area contributed by atoms with Gasteiger partial charge in [0.1, 0.15) is 5.75 Å². The monoisotopic (exact) mass is 274 g/mol. The lowest BCUT2D eigenvalue weighted by Gasteiger charge is -2.09. The Morgan fingerprint density at radius 3 is 2.70 bits per heavy atom. The van der Waals surface area contributed by atoms with Gasteiger partial charge in [-0.1, -0.05) is 12.1 Å². The molecule has 1 aromatic carbocycles. The molecule has 0 radical (unpaired) electrons. The first kappa shape index (κ1) is 13.8. The van der Waals surface area contributed by atoms with Crippen LogP contribution in [0.25, 0.3) is 0 Å². The second kappa shape index (κ2) is 5.54. The van der Waals surface area contributed by atoms with Crippen molar-refractivity contribution in [1.29, 1.82) is 0 Å². The zero-order chi connectivity index (χ0) is 14.7. The van der Waals surface area contributed by atoms with Gasteiger partial charge in [-0.15, -0.1) is 0 Å². The van der Waals surface area contributed by atoms with Crippen molar-refractivity contribution in [2.45, 2.75) is 13.8 Å². The fourth-order valence-corrected chi connectivity index (χ4v) is 1.65. The molecule has 7 heteroatoms. The van der Waals surface area contributed by atoms with Crippen molar-refractivity contribution in [3.05, 3.63) is 51.6 Å². The summed E-state index contributed by atoms with van der Waals surface area (Å²) in [5, 5.41) is 10.8. The summed E-state index contributed by atoms with van der Waals surface area (Å²) in [6, 6.07) is 8.18. The fraction of sp³-hybridized carbons (Fsp3) is 0.154. The first-order chi connectivity index (χ1) is 9.49. The molecule has 0 atom stereocenters. The smallest absolute Gasteiger partial charge is 0.278 e. The highest BCUT2D eigenvalue weighted by molar-refractivity contribution is 5.49. The highest BCUT2D eigenvalue weighted by Gasteiger charge is 2.13. The van der Waals surface area contributed by atoms with Gasteiger partial charge in [0.15, 0.2) is 5.82 Å². The Hall–Kier alpha value is -2.67. The molecule has 3 N–H and O–H groups in total. The lowest BCUT2D eigenvalue weighted by atomic mass is 10.1. The Labute approximate surface area is 115 Å². The van der Waals surface area contributed by atoms with Crippen molar-refractivity contribution < 1.29 is 9.66 Å². The number of nitrogens with one attached hydrogen (secondary N) is 1. The number of aryl methyl sites for hydroxylation is 2. The first-order valence-electron chi connectivity index (χ1n) is 5.88. The van der Waals surface area contributed by atoms with E-state index in [0.717, 1.165) is 11.1 Å². The summed E-state index contributed by atoms with van der Waals surface area (Å²) in [5.41, 5.74) is 4.06. The van der Waals surface area contributed by atoms with Crippen molar-refractivity contribution in [2.75, 3.05) is 5.43 Å². The average molecular weight is 274 g/mol. The number of hydrogen-bond acceptors (Lipinski definition) is 6.